The summed E-state index contributed by atoms with van der Waals surface area (Å²) in [4.78, 5) is 21.7. The average molecular weight is 274 g/mol. The van der Waals surface area contributed by atoms with E-state index in [4.69, 9.17) is 0 Å². The molecule has 0 atom stereocenters. The lowest BCUT2D eigenvalue weighted by molar-refractivity contribution is -0.384. The maximum Gasteiger partial charge on any atom is 0.271 e. The van der Waals surface area contributed by atoms with Crippen molar-refractivity contribution in [2.75, 3.05) is 5.32 Å². The number of rotatable bonds is 4. The highest BCUT2D eigenvalue weighted by atomic mass is 19.1. The molecule has 0 spiro atoms. The van der Waals surface area contributed by atoms with Gasteiger partial charge in [-0.3, -0.25) is 14.9 Å². The largest absolute Gasteiger partial charge is 0.323 e. The zero-order valence-corrected chi connectivity index (χ0v) is 10.4. The Balaban J connectivity index is 2.11. The Morgan fingerprint density at radius 1 is 1.20 bits per heavy atom. The van der Waals surface area contributed by atoms with Crippen molar-refractivity contribution in [3.05, 3.63) is 70.0 Å². The van der Waals surface area contributed by atoms with Crippen LogP contribution in [-0.2, 0) is 11.2 Å². The van der Waals surface area contributed by atoms with Crippen LogP contribution in [0.25, 0.3) is 0 Å². The Hall–Kier alpha value is -2.76. The standard InChI is InChI=1S/C14H11FN2O3/c15-12-7-6-11(17(19)20)9-13(12)16-14(18)8-10-4-2-1-3-5-10/h1-7,9H,8H2,(H,16,18). The first-order chi connectivity index (χ1) is 9.56. The van der Waals surface area contributed by atoms with Crippen molar-refractivity contribution in [1.29, 1.82) is 0 Å². The molecule has 0 aliphatic heterocycles. The van der Waals surface area contributed by atoms with E-state index in [0.29, 0.717) is 0 Å². The summed E-state index contributed by atoms with van der Waals surface area (Å²) in [5.41, 5.74) is 0.303. The van der Waals surface area contributed by atoms with Gasteiger partial charge in [0, 0.05) is 12.1 Å². The third-order valence-corrected chi connectivity index (χ3v) is 2.64. The first kappa shape index (κ1) is 13.7. The maximum atomic E-state index is 13.5. The van der Waals surface area contributed by atoms with Crippen LogP contribution in [0.4, 0.5) is 15.8 Å². The van der Waals surface area contributed by atoms with Gasteiger partial charge in [0.1, 0.15) is 5.82 Å². The molecule has 0 aliphatic carbocycles. The van der Waals surface area contributed by atoms with E-state index in [1.807, 2.05) is 6.07 Å². The van der Waals surface area contributed by atoms with E-state index in [0.717, 1.165) is 23.8 Å². The molecule has 0 saturated carbocycles. The number of nitro groups is 1. The SMILES string of the molecule is O=C(Cc1ccccc1)Nc1cc([N+](=O)[O-])ccc1F. The van der Waals surface area contributed by atoms with Gasteiger partial charge < -0.3 is 5.32 Å². The molecule has 5 nitrogen and oxygen atoms in total. The first-order valence-corrected chi connectivity index (χ1v) is 5.84. The van der Waals surface area contributed by atoms with E-state index in [1.165, 1.54) is 0 Å². The van der Waals surface area contributed by atoms with Gasteiger partial charge in [-0.1, -0.05) is 30.3 Å². The van der Waals surface area contributed by atoms with Gasteiger partial charge in [-0.15, -0.1) is 0 Å². The minimum absolute atomic E-state index is 0.0724. The minimum atomic E-state index is -0.711. The number of non-ortho nitro benzene ring substituents is 1. The first-order valence-electron chi connectivity index (χ1n) is 5.84. The quantitative estimate of drug-likeness (QED) is 0.688. The Morgan fingerprint density at radius 3 is 2.55 bits per heavy atom. The van der Waals surface area contributed by atoms with Crippen LogP contribution in [0.5, 0.6) is 0 Å². The van der Waals surface area contributed by atoms with Gasteiger partial charge in [-0.2, -0.15) is 0 Å². The summed E-state index contributed by atoms with van der Waals surface area (Å²) >= 11 is 0. The molecule has 6 heteroatoms. The van der Waals surface area contributed by atoms with Crippen LogP contribution >= 0.6 is 0 Å². The van der Waals surface area contributed by atoms with Crippen molar-refractivity contribution in [3.8, 4) is 0 Å². The molecule has 0 aromatic heterocycles. The number of carbonyl (C=O) groups excluding carboxylic acids is 1. The molecule has 20 heavy (non-hydrogen) atoms. The van der Waals surface area contributed by atoms with Crippen molar-refractivity contribution in [3.63, 3.8) is 0 Å². The molecule has 0 fully saturated rings. The van der Waals surface area contributed by atoms with Crippen molar-refractivity contribution < 1.29 is 14.1 Å². The number of hydrogen-bond donors (Lipinski definition) is 1. The maximum absolute atomic E-state index is 13.5. The number of carbonyl (C=O) groups is 1. The Morgan fingerprint density at radius 2 is 1.90 bits per heavy atom. The Bertz CT molecular complexity index is 644. The predicted octanol–water partition coefficient (Wildman–Crippen LogP) is 2.92. The molecule has 2 aromatic carbocycles. The molecule has 1 amide bonds. The summed E-state index contributed by atoms with van der Waals surface area (Å²) in [7, 11) is 0. The molecule has 2 rings (SSSR count). The lowest BCUT2D eigenvalue weighted by Gasteiger charge is -2.06. The van der Waals surface area contributed by atoms with Gasteiger partial charge in [-0.25, -0.2) is 4.39 Å². The van der Waals surface area contributed by atoms with Crippen molar-refractivity contribution in [1.82, 2.24) is 0 Å². The van der Waals surface area contributed by atoms with E-state index in [1.54, 1.807) is 24.3 Å². The molecule has 0 bridgehead atoms. The highest BCUT2D eigenvalue weighted by Crippen LogP contribution is 2.21. The zero-order chi connectivity index (χ0) is 14.5. The molecule has 0 heterocycles. The number of hydrogen-bond acceptors (Lipinski definition) is 3. The van der Waals surface area contributed by atoms with Gasteiger partial charge >= 0.3 is 0 Å². The number of nitrogens with one attached hydrogen (secondary N) is 1. The van der Waals surface area contributed by atoms with Crippen molar-refractivity contribution >= 4 is 17.3 Å². The number of amides is 1. The highest BCUT2D eigenvalue weighted by Gasteiger charge is 2.13. The summed E-state index contributed by atoms with van der Waals surface area (Å²) in [6.45, 7) is 0. The van der Waals surface area contributed by atoms with Crippen LogP contribution in [0.15, 0.2) is 48.5 Å². The normalized spacial score (nSPS) is 10.1. The Kier molecular flexibility index (Phi) is 4.05. The summed E-state index contributed by atoms with van der Waals surface area (Å²) in [6.07, 6.45) is 0.0724. The van der Waals surface area contributed by atoms with E-state index < -0.39 is 16.6 Å². The highest BCUT2D eigenvalue weighted by molar-refractivity contribution is 5.92. The van der Waals surface area contributed by atoms with Crippen molar-refractivity contribution in [2.45, 2.75) is 6.42 Å². The van der Waals surface area contributed by atoms with Crippen LogP contribution in [-0.4, -0.2) is 10.8 Å². The molecular weight excluding hydrogens is 263 g/mol. The van der Waals surface area contributed by atoms with Gasteiger partial charge in [0.15, 0.2) is 0 Å². The third kappa shape index (κ3) is 3.38. The predicted molar refractivity (Wildman–Crippen MR) is 71.8 cm³/mol. The lowest BCUT2D eigenvalue weighted by Crippen LogP contribution is -2.15. The number of nitro benzene ring substituents is 1. The smallest absolute Gasteiger partial charge is 0.271 e. The van der Waals surface area contributed by atoms with Crippen LogP contribution in [0.3, 0.4) is 0 Å². The van der Waals surface area contributed by atoms with E-state index in [2.05, 4.69) is 5.32 Å². The second-order valence-electron chi connectivity index (χ2n) is 4.13. The summed E-state index contributed by atoms with van der Waals surface area (Å²) < 4.78 is 13.5. The topological polar surface area (TPSA) is 72.2 Å². The number of anilines is 1. The lowest BCUT2D eigenvalue weighted by atomic mass is 10.1. The second-order valence-corrected chi connectivity index (χ2v) is 4.13. The molecule has 0 aliphatic rings. The Labute approximate surface area is 114 Å². The number of nitrogens with zero attached hydrogens (tertiary/aromatic N) is 1. The van der Waals surface area contributed by atoms with Gasteiger partial charge in [0.2, 0.25) is 5.91 Å². The van der Waals surface area contributed by atoms with Crippen LogP contribution in [0.2, 0.25) is 0 Å². The molecule has 0 unspecified atom stereocenters. The van der Waals surface area contributed by atoms with Crippen LogP contribution in [0.1, 0.15) is 5.56 Å². The van der Waals surface area contributed by atoms with E-state index in [-0.39, 0.29) is 17.8 Å². The number of benzene rings is 2. The molecule has 0 radical (unpaired) electrons. The zero-order valence-electron chi connectivity index (χ0n) is 10.4. The minimum Gasteiger partial charge on any atom is -0.323 e. The fraction of sp³-hybridized carbons (Fsp3) is 0.0714. The molecule has 2 aromatic rings. The monoisotopic (exact) mass is 274 g/mol. The van der Waals surface area contributed by atoms with Crippen LogP contribution < -0.4 is 5.32 Å². The summed E-state index contributed by atoms with van der Waals surface area (Å²) in [5.74, 6) is -1.15. The number of halogens is 1. The third-order valence-electron chi connectivity index (χ3n) is 2.64. The second kappa shape index (κ2) is 5.92. The average Bonchev–Trinajstić information content (AvgIpc) is 2.42. The fourth-order valence-corrected chi connectivity index (χ4v) is 1.70. The molecule has 1 N–H and O–H groups in total. The molecule has 102 valence electrons. The van der Waals surface area contributed by atoms with Gasteiger partial charge in [-0.05, 0) is 11.6 Å². The van der Waals surface area contributed by atoms with Gasteiger partial charge in [0.25, 0.3) is 5.69 Å². The van der Waals surface area contributed by atoms with Gasteiger partial charge in [0.05, 0.1) is 17.0 Å². The summed E-state index contributed by atoms with van der Waals surface area (Å²) in [6, 6.07) is 11.9. The van der Waals surface area contributed by atoms with Crippen LogP contribution in [0, 0.1) is 15.9 Å². The van der Waals surface area contributed by atoms with Crippen molar-refractivity contribution in [2.24, 2.45) is 0 Å². The molecular formula is C14H11FN2O3. The fourth-order valence-electron chi connectivity index (χ4n) is 1.70. The van der Waals surface area contributed by atoms with E-state index >= 15 is 0 Å². The van der Waals surface area contributed by atoms with E-state index in [9.17, 15) is 19.3 Å². The molecule has 0 saturated heterocycles. The summed E-state index contributed by atoms with van der Waals surface area (Å²) in [5, 5.41) is 12.9.